The molecule has 0 amide bonds. The van der Waals surface area contributed by atoms with Gasteiger partial charge in [-0.05, 0) is 36.8 Å². The Labute approximate surface area is 116 Å². The van der Waals surface area contributed by atoms with Gasteiger partial charge in [0.05, 0.1) is 4.90 Å². The SMILES string of the molecule is Cc1ccc(N)cc1S(=O)(=O)Nc1cccc(Cl)n1. The van der Waals surface area contributed by atoms with Gasteiger partial charge in [-0.25, -0.2) is 13.4 Å². The standard InChI is InChI=1S/C12H12ClN3O2S/c1-8-5-6-9(14)7-10(8)19(17,18)16-12-4-2-3-11(13)15-12/h2-7H,14H2,1H3,(H,15,16). The predicted octanol–water partition coefficient (Wildman–Crippen LogP) is 2.43. The molecular formula is C12H12ClN3O2S. The number of pyridine rings is 1. The number of nitrogens with two attached hydrogens (primary N) is 1. The van der Waals surface area contributed by atoms with Gasteiger partial charge in [0.2, 0.25) is 0 Å². The van der Waals surface area contributed by atoms with E-state index in [1.807, 2.05) is 0 Å². The molecule has 0 spiro atoms. The van der Waals surface area contributed by atoms with Crippen molar-refractivity contribution in [1.82, 2.24) is 4.98 Å². The zero-order chi connectivity index (χ0) is 14.0. The summed E-state index contributed by atoms with van der Waals surface area (Å²) in [4.78, 5) is 4.00. The minimum Gasteiger partial charge on any atom is -0.399 e. The molecule has 0 bridgehead atoms. The van der Waals surface area contributed by atoms with E-state index in [0.717, 1.165) is 0 Å². The molecule has 0 aliphatic rings. The van der Waals surface area contributed by atoms with Crippen LogP contribution in [-0.2, 0) is 10.0 Å². The maximum atomic E-state index is 12.2. The van der Waals surface area contributed by atoms with Gasteiger partial charge in [-0.1, -0.05) is 23.7 Å². The Morgan fingerprint density at radius 2 is 2.00 bits per heavy atom. The number of benzene rings is 1. The van der Waals surface area contributed by atoms with Gasteiger partial charge >= 0.3 is 0 Å². The largest absolute Gasteiger partial charge is 0.399 e. The van der Waals surface area contributed by atoms with Crippen molar-refractivity contribution in [1.29, 1.82) is 0 Å². The molecule has 0 unspecified atom stereocenters. The van der Waals surface area contributed by atoms with Crippen molar-refractivity contribution in [3.63, 3.8) is 0 Å². The van der Waals surface area contributed by atoms with Crippen molar-refractivity contribution < 1.29 is 8.42 Å². The minimum atomic E-state index is -3.73. The summed E-state index contributed by atoms with van der Waals surface area (Å²) >= 11 is 5.71. The fraction of sp³-hybridized carbons (Fsp3) is 0.0833. The molecule has 1 aromatic carbocycles. The number of aromatic nitrogens is 1. The molecule has 19 heavy (non-hydrogen) atoms. The van der Waals surface area contributed by atoms with Crippen LogP contribution in [-0.4, -0.2) is 13.4 Å². The number of hydrogen-bond acceptors (Lipinski definition) is 4. The van der Waals surface area contributed by atoms with Gasteiger partial charge in [-0.3, -0.25) is 4.72 Å². The molecule has 0 saturated carbocycles. The number of hydrogen-bond donors (Lipinski definition) is 2. The lowest BCUT2D eigenvalue weighted by Gasteiger charge is -2.10. The first-order valence-corrected chi connectivity index (χ1v) is 7.26. The molecule has 0 atom stereocenters. The van der Waals surface area contributed by atoms with Crippen molar-refractivity contribution in [3.8, 4) is 0 Å². The topological polar surface area (TPSA) is 85.1 Å². The number of anilines is 2. The van der Waals surface area contributed by atoms with Crippen LogP contribution in [0.15, 0.2) is 41.3 Å². The third-order valence-electron chi connectivity index (χ3n) is 2.46. The molecule has 1 heterocycles. The molecule has 0 saturated heterocycles. The van der Waals surface area contributed by atoms with Crippen molar-refractivity contribution in [2.24, 2.45) is 0 Å². The van der Waals surface area contributed by atoms with Crippen molar-refractivity contribution in [2.75, 3.05) is 10.5 Å². The fourth-order valence-corrected chi connectivity index (χ4v) is 3.01. The average molecular weight is 298 g/mol. The normalized spacial score (nSPS) is 11.3. The lowest BCUT2D eigenvalue weighted by Crippen LogP contribution is -2.15. The molecule has 5 nitrogen and oxygen atoms in total. The lowest BCUT2D eigenvalue weighted by atomic mass is 10.2. The highest BCUT2D eigenvalue weighted by atomic mass is 35.5. The van der Waals surface area contributed by atoms with Gasteiger partial charge < -0.3 is 5.73 Å². The molecule has 0 radical (unpaired) electrons. The average Bonchev–Trinajstić information content (AvgIpc) is 2.31. The summed E-state index contributed by atoms with van der Waals surface area (Å²) in [6, 6.07) is 9.39. The van der Waals surface area contributed by atoms with Crippen LogP contribution in [0.2, 0.25) is 5.15 Å². The smallest absolute Gasteiger partial charge is 0.263 e. The number of rotatable bonds is 3. The highest BCUT2D eigenvalue weighted by Crippen LogP contribution is 2.21. The number of nitrogen functional groups attached to an aromatic ring is 1. The molecule has 0 aliphatic heterocycles. The zero-order valence-corrected chi connectivity index (χ0v) is 11.7. The second kappa shape index (κ2) is 5.07. The Balaban J connectivity index is 2.40. The van der Waals surface area contributed by atoms with Crippen LogP contribution in [0.4, 0.5) is 11.5 Å². The number of nitrogens with zero attached hydrogens (tertiary/aromatic N) is 1. The zero-order valence-electron chi connectivity index (χ0n) is 10.1. The highest BCUT2D eigenvalue weighted by molar-refractivity contribution is 7.92. The molecule has 0 aliphatic carbocycles. The first kappa shape index (κ1) is 13.6. The summed E-state index contributed by atoms with van der Waals surface area (Å²) in [5.74, 6) is 0.161. The van der Waals surface area contributed by atoms with Crippen LogP contribution in [0.1, 0.15) is 5.56 Å². The van der Waals surface area contributed by atoms with Crippen LogP contribution in [0.5, 0.6) is 0 Å². The summed E-state index contributed by atoms with van der Waals surface area (Å²) in [7, 11) is -3.73. The van der Waals surface area contributed by atoms with E-state index in [2.05, 4.69) is 9.71 Å². The summed E-state index contributed by atoms with van der Waals surface area (Å²) in [5, 5.41) is 0.212. The molecular weight excluding hydrogens is 286 g/mol. The maximum absolute atomic E-state index is 12.2. The summed E-state index contributed by atoms with van der Waals surface area (Å²) in [6.45, 7) is 1.69. The Kier molecular flexibility index (Phi) is 3.64. The third kappa shape index (κ3) is 3.15. The first-order valence-electron chi connectivity index (χ1n) is 5.40. The van der Waals surface area contributed by atoms with E-state index in [0.29, 0.717) is 11.3 Å². The van der Waals surface area contributed by atoms with Crippen LogP contribution >= 0.6 is 11.6 Å². The molecule has 7 heteroatoms. The molecule has 100 valence electrons. The van der Waals surface area contributed by atoms with Gasteiger partial charge in [0.25, 0.3) is 10.0 Å². The van der Waals surface area contributed by atoms with E-state index < -0.39 is 10.0 Å². The Morgan fingerprint density at radius 3 is 2.68 bits per heavy atom. The second-order valence-electron chi connectivity index (χ2n) is 3.98. The quantitative estimate of drug-likeness (QED) is 0.673. The molecule has 1 aromatic heterocycles. The summed E-state index contributed by atoms with van der Waals surface area (Å²) < 4.78 is 26.8. The van der Waals surface area contributed by atoms with Gasteiger partial charge in [0, 0.05) is 5.69 Å². The van der Waals surface area contributed by atoms with Crippen molar-refractivity contribution in [3.05, 3.63) is 47.1 Å². The van der Waals surface area contributed by atoms with E-state index >= 15 is 0 Å². The van der Waals surface area contributed by atoms with Crippen LogP contribution in [0.3, 0.4) is 0 Å². The Hall–Kier alpha value is -1.79. The van der Waals surface area contributed by atoms with Crippen LogP contribution < -0.4 is 10.5 Å². The van der Waals surface area contributed by atoms with Gasteiger partial charge in [-0.2, -0.15) is 0 Å². The Bertz CT molecular complexity index is 717. The molecule has 2 aromatic rings. The fourth-order valence-electron chi connectivity index (χ4n) is 1.56. The number of halogens is 1. The number of nitrogens with one attached hydrogen (secondary N) is 1. The van der Waals surface area contributed by atoms with Crippen LogP contribution in [0, 0.1) is 6.92 Å². The predicted molar refractivity (Wildman–Crippen MR) is 75.6 cm³/mol. The molecule has 2 rings (SSSR count). The number of sulfonamides is 1. The molecule has 0 fully saturated rings. The summed E-state index contributed by atoms with van der Waals surface area (Å²) in [6.07, 6.45) is 0. The monoisotopic (exact) mass is 297 g/mol. The molecule has 3 N–H and O–H groups in total. The van der Waals surface area contributed by atoms with Gasteiger partial charge in [0.15, 0.2) is 0 Å². The minimum absolute atomic E-state index is 0.120. The third-order valence-corrected chi connectivity index (χ3v) is 4.16. The maximum Gasteiger partial charge on any atom is 0.263 e. The first-order chi connectivity index (χ1) is 8.88. The van der Waals surface area contributed by atoms with Gasteiger partial charge in [0.1, 0.15) is 11.0 Å². The van der Waals surface area contributed by atoms with E-state index in [4.69, 9.17) is 17.3 Å². The summed E-state index contributed by atoms with van der Waals surface area (Å²) in [5.41, 5.74) is 6.59. The lowest BCUT2D eigenvalue weighted by molar-refractivity contribution is 0.600. The number of aryl methyl sites for hydroxylation is 1. The van der Waals surface area contributed by atoms with E-state index in [-0.39, 0.29) is 15.9 Å². The van der Waals surface area contributed by atoms with Crippen molar-refractivity contribution in [2.45, 2.75) is 11.8 Å². The van der Waals surface area contributed by atoms with Crippen LogP contribution in [0.25, 0.3) is 0 Å². The van der Waals surface area contributed by atoms with Crippen molar-refractivity contribution >= 4 is 33.1 Å². The Morgan fingerprint density at radius 1 is 1.26 bits per heavy atom. The highest BCUT2D eigenvalue weighted by Gasteiger charge is 2.17. The van der Waals surface area contributed by atoms with Gasteiger partial charge in [-0.15, -0.1) is 0 Å². The van der Waals surface area contributed by atoms with E-state index in [1.165, 1.54) is 12.1 Å². The second-order valence-corrected chi connectivity index (χ2v) is 6.01. The van der Waals surface area contributed by atoms with E-state index in [9.17, 15) is 8.42 Å². The van der Waals surface area contributed by atoms with E-state index in [1.54, 1.807) is 31.2 Å².